The first-order chi connectivity index (χ1) is 6.74. The summed E-state index contributed by atoms with van der Waals surface area (Å²) in [4.78, 5) is 11.1. The molecule has 3 N–H and O–H groups in total. The predicted molar refractivity (Wildman–Crippen MR) is 53.5 cm³/mol. The average molecular weight is 196 g/mol. The molecular weight excluding hydrogens is 180 g/mol. The lowest BCUT2D eigenvalue weighted by Crippen LogP contribution is -2.49. The minimum atomic E-state index is -0.467. The van der Waals surface area contributed by atoms with Crippen LogP contribution < -0.4 is 11.1 Å². The van der Waals surface area contributed by atoms with Crippen LogP contribution >= 0.6 is 0 Å². The number of nitrogens with one attached hydrogen (secondary N) is 1. The Morgan fingerprint density at radius 1 is 1.57 bits per heavy atom. The van der Waals surface area contributed by atoms with Crippen molar-refractivity contribution in [1.82, 2.24) is 5.32 Å². The van der Waals surface area contributed by atoms with Crippen LogP contribution in [0.1, 0.15) is 25.7 Å². The molecule has 14 heavy (non-hydrogen) atoms. The third-order valence-corrected chi connectivity index (χ3v) is 2.41. The molecule has 1 amide bonds. The second kappa shape index (κ2) is 5.51. The van der Waals surface area contributed by atoms with Gasteiger partial charge in [-0.15, -0.1) is 6.42 Å². The molecule has 0 bridgehead atoms. The lowest BCUT2D eigenvalue weighted by Gasteiger charge is -2.28. The van der Waals surface area contributed by atoms with E-state index in [4.69, 9.17) is 16.9 Å². The van der Waals surface area contributed by atoms with Gasteiger partial charge in [-0.1, -0.05) is 18.8 Å². The first-order valence-electron chi connectivity index (χ1n) is 4.86. The van der Waals surface area contributed by atoms with Gasteiger partial charge in [0.15, 0.2) is 6.61 Å². The molecule has 0 aromatic carbocycles. The van der Waals surface area contributed by atoms with E-state index in [-0.39, 0.29) is 18.7 Å². The van der Waals surface area contributed by atoms with E-state index in [0.29, 0.717) is 0 Å². The molecule has 1 saturated carbocycles. The van der Waals surface area contributed by atoms with Gasteiger partial charge in [0.2, 0.25) is 0 Å². The molecule has 0 spiro atoms. The largest absolute Gasteiger partial charge is 0.436 e. The third-order valence-electron chi connectivity index (χ3n) is 2.41. The third kappa shape index (κ3) is 3.27. The summed E-state index contributed by atoms with van der Waals surface area (Å²) >= 11 is 0. The molecular formula is C10H16N2O2. The highest BCUT2D eigenvalue weighted by atomic mass is 16.5. The van der Waals surface area contributed by atoms with Crippen LogP contribution in [0.25, 0.3) is 0 Å². The molecule has 4 heteroatoms. The summed E-state index contributed by atoms with van der Waals surface area (Å²) < 4.78 is 4.70. The van der Waals surface area contributed by atoms with Crippen LogP contribution in [0.5, 0.6) is 0 Å². The van der Waals surface area contributed by atoms with E-state index in [2.05, 4.69) is 11.2 Å². The Morgan fingerprint density at radius 2 is 2.29 bits per heavy atom. The first-order valence-corrected chi connectivity index (χ1v) is 4.86. The van der Waals surface area contributed by atoms with Gasteiger partial charge in [0.05, 0.1) is 0 Å². The lowest BCUT2D eigenvalue weighted by molar-refractivity contribution is 0.150. The van der Waals surface area contributed by atoms with Crippen molar-refractivity contribution in [3.05, 3.63) is 0 Å². The second-order valence-electron chi connectivity index (χ2n) is 3.48. The first kappa shape index (κ1) is 10.9. The summed E-state index contributed by atoms with van der Waals surface area (Å²) in [6.45, 7) is 0.00773. The number of amides is 1. The van der Waals surface area contributed by atoms with Gasteiger partial charge in [0.25, 0.3) is 0 Å². The van der Waals surface area contributed by atoms with Crippen molar-refractivity contribution >= 4 is 6.09 Å². The molecule has 1 aliphatic rings. The van der Waals surface area contributed by atoms with E-state index in [1.165, 1.54) is 0 Å². The van der Waals surface area contributed by atoms with Crippen LogP contribution in [0.3, 0.4) is 0 Å². The van der Waals surface area contributed by atoms with Gasteiger partial charge in [-0.3, -0.25) is 0 Å². The summed E-state index contributed by atoms with van der Waals surface area (Å²) in [5.41, 5.74) is 5.85. The van der Waals surface area contributed by atoms with Crippen molar-refractivity contribution in [2.45, 2.75) is 37.8 Å². The Morgan fingerprint density at radius 3 is 2.93 bits per heavy atom. The molecule has 0 saturated heterocycles. The summed E-state index contributed by atoms with van der Waals surface area (Å²) in [5.74, 6) is 2.23. The van der Waals surface area contributed by atoms with Crippen LogP contribution in [-0.4, -0.2) is 24.8 Å². The Balaban J connectivity index is 2.28. The zero-order valence-corrected chi connectivity index (χ0v) is 8.16. The highest BCUT2D eigenvalue weighted by Crippen LogP contribution is 2.16. The lowest BCUT2D eigenvalue weighted by atomic mass is 9.91. The average Bonchev–Trinajstić information content (AvgIpc) is 2.18. The molecule has 0 aromatic rings. The second-order valence-corrected chi connectivity index (χ2v) is 3.48. The van der Waals surface area contributed by atoms with E-state index >= 15 is 0 Å². The minimum absolute atomic E-state index is 0.00773. The summed E-state index contributed by atoms with van der Waals surface area (Å²) in [6, 6.07) is 0.0798. The Bertz CT molecular complexity index is 235. The minimum Gasteiger partial charge on any atom is -0.436 e. The topological polar surface area (TPSA) is 64.3 Å². The summed E-state index contributed by atoms with van der Waals surface area (Å²) in [7, 11) is 0. The predicted octanol–water partition coefficient (Wildman–Crippen LogP) is 0.616. The van der Waals surface area contributed by atoms with Crippen LogP contribution in [0, 0.1) is 12.3 Å². The molecule has 0 aromatic heterocycles. The number of carbonyl (C=O) groups is 1. The van der Waals surface area contributed by atoms with Gasteiger partial charge in [-0.25, -0.2) is 4.79 Å². The maximum atomic E-state index is 11.1. The number of hydrogen-bond donors (Lipinski definition) is 2. The van der Waals surface area contributed by atoms with Crippen molar-refractivity contribution in [3.63, 3.8) is 0 Å². The fourth-order valence-electron chi connectivity index (χ4n) is 1.64. The standard InChI is InChI=1S/C10H16N2O2/c1-2-7-14-10(13)12-9-6-4-3-5-8(9)11/h1,8-9H,3-7,11H2,(H,12,13). The number of hydrogen-bond acceptors (Lipinski definition) is 3. The van der Waals surface area contributed by atoms with E-state index < -0.39 is 6.09 Å². The monoisotopic (exact) mass is 196 g/mol. The molecule has 4 nitrogen and oxygen atoms in total. The number of terminal acetylenes is 1. The van der Waals surface area contributed by atoms with Crippen molar-refractivity contribution in [1.29, 1.82) is 0 Å². The number of nitrogens with two attached hydrogens (primary N) is 1. The summed E-state index contributed by atoms with van der Waals surface area (Å²) in [6.07, 6.45) is 8.61. The van der Waals surface area contributed by atoms with Gasteiger partial charge < -0.3 is 15.8 Å². The molecule has 0 radical (unpaired) electrons. The van der Waals surface area contributed by atoms with Gasteiger partial charge in [0.1, 0.15) is 0 Å². The smallest absolute Gasteiger partial charge is 0.408 e. The zero-order valence-electron chi connectivity index (χ0n) is 8.16. The molecule has 2 atom stereocenters. The molecule has 1 rings (SSSR count). The molecule has 78 valence electrons. The quantitative estimate of drug-likeness (QED) is 0.636. The number of ether oxygens (including phenoxy) is 1. The molecule has 2 unspecified atom stereocenters. The van der Waals surface area contributed by atoms with E-state index in [1.807, 2.05) is 0 Å². The SMILES string of the molecule is C#CCOC(=O)NC1CCCCC1N. The Labute approximate surface area is 84.2 Å². The Kier molecular flexibility index (Phi) is 4.27. The molecule has 0 aliphatic heterocycles. The van der Waals surface area contributed by atoms with Gasteiger partial charge in [-0.05, 0) is 12.8 Å². The molecule has 1 fully saturated rings. The molecule has 0 heterocycles. The van der Waals surface area contributed by atoms with Gasteiger partial charge in [0, 0.05) is 12.1 Å². The van der Waals surface area contributed by atoms with Crippen molar-refractivity contribution < 1.29 is 9.53 Å². The van der Waals surface area contributed by atoms with E-state index in [0.717, 1.165) is 25.7 Å². The van der Waals surface area contributed by atoms with Crippen molar-refractivity contribution in [2.75, 3.05) is 6.61 Å². The maximum Gasteiger partial charge on any atom is 0.408 e. The number of carbonyl (C=O) groups excluding carboxylic acids is 1. The van der Waals surface area contributed by atoms with Crippen LogP contribution in [0.15, 0.2) is 0 Å². The highest BCUT2D eigenvalue weighted by Gasteiger charge is 2.23. The van der Waals surface area contributed by atoms with Crippen LogP contribution in [-0.2, 0) is 4.74 Å². The molecule has 1 aliphatic carbocycles. The fourth-order valence-corrected chi connectivity index (χ4v) is 1.64. The fraction of sp³-hybridized carbons (Fsp3) is 0.700. The van der Waals surface area contributed by atoms with Gasteiger partial charge >= 0.3 is 6.09 Å². The zero-order chi connectivity index (χ0) is 10.4. The van der Waals surface area contributed by atoms with Crippen molar-refractivity contribution in [3.8, 4) is 12.3 Å². The normalized spacial score (nSPS) is 26.3. The Hall–Kier alpha value is -1.21. The highest BCUT2D eigenvalue weighted by molar-refractivity contribution is 5.67. The van der Waals surface area contributed by atoms with Gasteiger partial charge in [-0.2, -0.15) is 0 Å². The number of alkyl carbamates (subject to hydrolysis) is 1. The van der Waals surface area contributed by atoms with E-state index in [9.17, 15) is 4.79 Å². The van der Waals surface area contributed by atoms with E-state index in [1.54, 1.807) is 0 Å². The van der Waals surface area contributed by atoms with Crippen molar-refractivity contribution in [2.24, 2.45) is 5.73 Å². The van der Waals surface area contributed by atoms with Crippen LogP contribution in [0.2, 0.25) is 0 Å². The maximum absolute atomic E-state index is 11.1. The summed E-state index contributed by atoms with van der Waals surface area (Å²) in [5, 5.41) is 2.72. The number of rotatable bonds is 2. The van der Waals surface area contributed by atoms with Crippen LogP contribution in [0.4, 0.5) is 4.79 Å².